The van der Waals surface area contributed by atoms with Crippen molar-refractivity contribution in [2.75, 3.05) is 32.2 Å². The summed E-state index contributed by atoms with van der Waals surface area (Å²) in [5.74, 6) is 1.34. The van der Waals surface area contributed by atoms with Crippen LogP contribution in [-0.4, -0.2) is 41.8 Å². The number of likely N-dealkylation sites (tertiary alicyclic amines) is 1. The van der Waals surface area contributed by atoms with Gasteiger partial charge in [-0.05, 0) is 37.1 Å². The molecule has 0 radical (unpaired) electrons. The number of halogens is 2. The first-order valence-electron chi connectivity index (χ1n) is 9.54. The summed E-state index contributed by atoms with van der Waals surface area (Å²) < 4.78 is 26.5. The third-order valence-electron chi connectivity index (χ3n) is 4.96. The molecule has 29 heavy (non-hydrogen) atoms. The minimum absolute atomic E-state index is 0.331. The van der Waals surface area contributed by atoms with Crippen molar-refractivity contribution in [3.63, 3.8) is 0 Å². The number of ether oxygens (including phenoxy) is 2. The number of methoxy groups -OCH3 is 1. The van der Waals surface area contributed by atoms with Crippen LogP contribution in [-0.2, 0) is 0 Å². The minimum atomic E-state index is -0.375. The Bertz CT molecular complexity index is 1010. The van der Waals surface area contributed by atoms with Crippen molar-refractivity contribution in [2.45, 2.75) is 19.3 Å². The molecule has 0 atom stereocenters. The Balaban J connectivity index is 1.62. The highest BCUT2D eigenvalue weighted by Crippen LogP contribution is 2.35. The number of benzene rings is 2. The molecule has 1 N–H and O–H groups in total. The van der Waals surface area contributed by atoms with Gasteiger partial charge in [0.15, 0.2) is 11.5 Å². The van der Waals surface area contributed by atoms with Crippen LogP contribution in [0.15, 0.2) is 41.1 Å². The largest absolute Gasteiger partial charge is 0.493 e. The van der Waals surface area contributed by atoms with E-state index in [1.807, 2.05) is 12.1 Å². The van der Waals surface area contributed by atoms with Gasteiger partial charge in [0, 0.05) is 29.0 Å². The molecule has 1 aromatic heterocycles. The predicted molar refractivity (Wildman–Crippen MR) is 114 cm³/mol. The maximum absolute atomic E-state index is 14.2. The maximum atomic E-state index is 14.2. The van der Waals surface area contributed by atoms with Crippen molar-refractivity contribution in [3.05, 3.63) is 46.9 Å². The lowest BCUT2D eigenvalue weighted by molar-refractivity contribution is 0.104. The topological polar surface area (TPSA) is 59.5 Å². The number of fused-ring (bicyclic) bond motifs is 1. The Hall–Kier alpha value is -2.45. The van der Waals surface area contributed by atoms with Gasteiger partial charge >= 0.3 is 0 Å². The fourth-order valence-corrected chi connectivity index (χ4v) is 3.74. The normalized spacial score (nSPS) is 14.7. The number of nitrogens with one attached hydrogen (secondary N) is 1. The quantitative estimate of drug-likeness (QED) is 0.551. The van der Waals surface area contributed by atoms with Crippen molar-refractivity contribution in [2.24, 2.45) is 0 Å². The van der Waals surface area contributed by atoms with Gasteiger partial charge in [0.1, 0.15) is 24.7 Å². The zero-order valence-corrected chi connectivity index (χ0v) is 17.7. The van der Waals surface area contributed by atoms with Crippen molar-refractivity contribution in [1.82, 2.24) is 14.9 Å². The van der Waals surface area contributed by atoms with Gasteiger partial charge in [-0.15, -0.1) is 0 Å². The van der Waals surface area contributed by atoms with Gasteiger partial charge < -0.3 is 14.8 Å². The van der Waals surface area contributed by atoms with E-state index in [0.717, 1.165) is 18.5 Å². The molecule has 0 saturated carbocycles. The molecule has 2 aromatic carbocycles. The standard InChI is InChI=1S/C21H22BrFN4O2/c1-28-19-10-15-18(11-20(19)29-13-27-7-3-2-4-8-27)24-12-25-21(15)26-17-6-5-14(22)9-16(17)23/h5-6,9-12H,2-4,7-8,13H2,1H3,(H,24,25,26). The first-order valence-corrected chi connectivity index (χ1v) is 10.3. The number of aromatic nitrogens is 2. The van der Waals surface area contributed by atoms with Crippen LogP contribution in [0, 0.1) is 5.82 Å². The van der Waals surface area contributed by atoms with Crippen molar-refractivity contribution in [3.8, 4) is 11.5 Å². The second-order valence-corrected chi connectivity index (χ2v) is 7.86. The molecule has 8 heteroatoms. The van der Waals surface area contributed by atoms with E-state index in [1.165, 1.54) is 31.7 Å². The number of rotatable bonds is 6. The molecule has 0 spiro atoms. The molecule has 1 aliphatic rings. The Morgan fingerprint density at radius 3 is 2.69 bits per heavy atom. The number of anilines is 2. The Morgan fingerprint density at radius 2 is 1.93 bits per heavy atom. The lowest BCUT2D eigenvalue weighted by atomic mass is 10.1. The van der Waals surface area contributed by atoms with E-state index < -0.39 is 0 Å². The molecule has 4 rings (SSSR count). The third kappa shape index (κ3) is 4.59. The van der Waals surface area contributed by atoms with Crippen LogP contribution in [0.25, 0.3) is 10.9 Å². The van der Waals surface area contributed by atoms with E-state index in [0.29, 0.717) is 39.7 Å². The monoisotopic (exact) mass is 460 g/mol. The molecular formula is C21H22BrFN4O2. The van der Waals surface area contributed by atoms with Crippen LogP contribution in [0.4, 0.5) is 15.9 Å². The number of hydrogen-bond donors (Lipinski definition) is 1. The summed E-state index contributed by atoms with van der Waals surface area (Å²) in [7, 11) is 1.60. The summed E-state index contributed by atoms with van der Waals surface area (Å²) in [6.45, 7) is 2.61. The van der Waals surface area contributed by atoms with Crippen LogP contribution in [0.3, 0.4) is 0 Å². The van der Waals surface area contributed by atoms with Crippen LogP contribution >= 0.6 is 15.9 Å². The Kier molecular flexibility index (Phi) is 6.10. The second kappa shape index (κ2) is 8.92. The molecule has 6 nitrogen and oxygen atoms in total. The van der Waals surface area contributed by atoms with Crippen molar-refractivity contribution in [1.29, 1.82) is 0 Å². The van der Waals surface area contributed by atoms with E-state index in [1.54, 1.807) is 19.2 Å². The molecule has 0 bridgehead atoms. The minimum Gasteiger partial charge on any atom is -0.493 e. The van der Waals surface area contributed by atoms with E-state index in [4.69, 9.17) is 9.47 Å². The highest BCUT2D eigenvalue weighted by atomic mass is 79.9. The van der Waals surface area contributed by atoms with Crippen LogP contribution in [0.1, 0.15) is 19.3 Å². The van der Waals surface area contributed by atoms with E-state index in [2.05, 4.69) is 36.1 Å². The van der Waals surface area contributed by atoms with Crippen LogP contribution < -0.4 is 14.8 Å². The van der Waals surface area contributed by atoms with Gasteiger partial charge in [-0.2, -0.15) is 0 Å². The molecule has 2 heterocycles. The summed E-state index contributed by atoms with van der Waals surface area (Å²) in [6.07, 6.45) is 5.13. The van der Waals surface area contributed by atoms with Gasteiger partial charge in [-0.3, -0.25) is 4.90 Å². The first-order chi connectivity index (χ1) is 14.1. The molecule has 1 fully saturated rings. The summed E-state index contributed by atoms with van der Waals surface area (Å²) in [6, 6.07) is 8.48. The third-order valence-corrected chi connectivity index (χ3v) is 5.45. The summed E-state index contributed by atoms with van der Waals surface area (Å²) in [4.78, 5) is 10.9. The van der Waals surface area contributed by atoms with Crippen molar-refractivity contribution < 1.29 is 13.9 Å². The molecule has 1 aliphatic heterocycles. The van der Waals surface area contributed by atoms with Gasteiger partial charge in [0.2, 0.25) is 0 Å². The molecule has 0 unspecified atom stereocenters. The molecule has 0 amide bonds. The molecule has 1 saturated heterocycles. The average Bonchev–Trinajstić information content (AvgIpc) is 2.74. The number of nitrogens with zero attached hydrogens (tertiary/aromatic N) is 3. The van der Waals surface area contributed by atoms with Gasteiger partial charge in [-0.25, -0.2) is 14.4 Å². The lowest BCUT2D eigenvalue weighted by Gasteiger charge is -2.26. The van der Waals surface area contributed by atoms with Gasteiger partial charge in [-0.1, -0.05) is 22.4 Å². The fourth-order valence-electron chi connectivity index (χ4n) is 3.40. The SMILES string of the molecule is COc1cc2c(Nc3ccc(Br)cc3F)ncnc2cc1OCN1CCCCC1. The van der Waals surface area contributed by atoms with Gasteiger partial charge in [0.05, 0.1) is 18.3 Å². The van der Waals surface area contributed by atoms with E-state index in [-0.39, 0.29) is 5.82 Å². The predicted octanol–water partition coefficient (Wildman–Crippen LogP) is 5.11. The van der Waals surface area contributed by atoms with Gasteiger partial charge in [0.25, 0.3) is 0 Å². The second-order valence-electron chi connectivity index (χ2n) is 6.94. The zero-order chi connectivity index (χ0) is 20.2. The fraction of sp³-hybridized carbons (Fsp3) is 0.333. The summed E-state index contributed by atoms with van der Waals surface area (Å²) in [5, 5.41) is 3.76. The number of piperidine rings is 1. The first kappa shape index (κ1) is 19.8. The highest BCUT2D eigenvalue weighted by Gasteiger charge is 2.15. The average molecular weight is 461 g/mol. The smallest absolute Gasteiger partial charge is 0.165 e. The Labute approximate surface area is 177 Å². The summed E-state index contributed by atoms with van der Waals surface area (Å²) in [5.41, 5.74) is 1.02. The zero-order valence-electron chi connectivity index (χ0n) is 16.1. The lowest BCUT2D eigenvalue weighted by Crippen LogP contribution is -2.33. The molecule has 0 aliphatic carbocycles. The molecule has 3 aromatic rings. The van der Waals surface area contributed by atoms with Crippen LogP contribution in [0.2, 0.25) is 0 Å². The molecular weight excluding hydrogens is 439 g/mol. The van der Waals surface area contributed by atoms with E-state index >= 15 is 0 Å². The van der Waals surface area contributed by atoms with Crippen molar-refractivity contribution >= 4 is 38.3 Å². The van der Waals surface area contributed by atoms with E-state index in [9.17, 15) is 4.39 Å². The van der Waals surface area contributed by atoms with Crippen LogP contribution in [0.5, 0.6) is 11.5 Å². The highest BCUT2D eigenvalue weighted by molar-refractivity contribution is 9.10. The Morgan fingerprint density at radius 1 is 1.10 bits per heavy atom. The summed E-state index contributed by atoms with van der Waals surface area (Å²) >= 11 is 3.26. The molecule has 152 valence electrons. The number of hydrogen-bond acceptors (Lipinski definition) is 6. The maximum Gasteiger partial charge on any atom is 0.165 e.